The van der Waals surface area contributed by atoms with Crippen LogP contribution in [0.1, 0.15) is 0 Å². The van der Waals surface area contributed by atoms with E-state index in [2.05, 4.69) is 0 Å². The first kappa shape index (κ1) is 7.86. The molecular weight excluding hydrogens is 167 g/mol. The van der Waals surface area contributed by atoms with Gasteiger partial charge < -0.3 is 5.84 Å². The zero-order chi connectivity index (χ0) is 9.26. The second-order valence-electron chi connectivity index (χ2n) is 2.85. The summed E-state index contributed by atoms with van der Waals surface area (Å²) in [6.45, 7) is 0. The summed E-state index contributed by atoms with van der Waals surface area (Å²) in [5, 5.41) is 0. The molecule has 0 bridgehead atoms. The number of rotatable bonds is 1. The van der Waals surface area contributed by atoms with Crippen molar-refractivity contribution in [2.45, 2.75) is 0 Å². The average Bonchev–Trinajstić information content (AvgIpc) is 2.53. The largest absolute Gasteiger partial charge is 0.340 e. The fourth-order valence-electron chi connectivity index (χ4n) is 1.23. The topological polar surface area (TPSA) is 30.9 Å². The quantitative estimate of drug-likeness (QED) is 0.662. The van der Waals surface area contributed by atoms with Crippen molar-refractivity contribution in [3.8, 4) is 11.1 Å². The Labute approximate surface area is 75.4 Å². The number of nitrogens with zero attached hydrogens (tertiary/aromatic N) is 1. The Morgan fingerprint density at radius 1 is 1.00 bits per heavy atom. The minimum Gasteiger partial charge on any atom is -0.340 e. The smallest absolute Gasteiger partial charge is 0.123 e. The molecule has 0 amide bonds. The van der Waals surface area contributed by atoms with Crippen molar-refractivity contribution < 1.29 is 4.39 Å². The summed E-state index contributed by atoms with van der Waals surface area (Å²) in [5.74, 6) is 5.26. The van der Waals surface area contributed by atoms with Crippen LogP contribution in [0.2, 0.25) is 0 Å². The molecule has 2 rings (SSSR count). The number of hydrogen-bond acceptors (Lipinski definition) is 1. The molecule has 0 saturated carbocycles. The molecule has 0 fully saturated rings. The molecule has 2 nitrogen and oxygen atoms in total. The SMILES string of the molecule is Nn1ccc(-c2ccc(F)cc2)c1. The van der Waals surface area contributed by atoms with E-state index in [4.69, 9.17) is 5.84 Å². The van der Waals surface area contributed by atoms with Crippen LogP contribution >= 0.6 is 0 Å². The lowest BCUT2D eigenvalue weighted by Gasteiger charge is -1.96. The molecule has 2 N–H and O–H groups in total. The Balaban J connectivity index is 2.41. The van der Waals surface area contributed by atoms with Gasteiger partial charge in [-0.3, -0.25) is 4.68 Å². The van der Waals surface area contributed by atoms with Crippen molar-refractivity contribution in [1.82, 2.24) is 4.68 Å². The molecule has 1 aromatic carbocycles. The summed E-state index contributed by atoms with van der Waals surface area (Å²) in [6, 6.07) is 8.20. The molecule has 0 aliphatic carbocycles. The fraction of sp³-hybridized carbons (Fsp3) is 0. The maximum Gasteiger partial charge on any atom is 0.123 e. The maximum atomic E-state index is 12.6. The van der Waals surface area contributed by atoms with Crippen LogP contribution in [0.25, 0.3) is 11.1 Å². The maximum absolute atomic E-state index is 12.6. The molecule has 2 aromatic rings. The van der Waals surface area contributed by atoms with E-state index in [0.29, 0.717) is 0 Å². The van der Waals surface area contributed by atoms with E-state index >= 15 is 0 Å². The lowest BCUT2D eigenvalue weighted by atomic mass is 10.1. The number of nitrogen functional groups attached to an aromatic ring is 1. The van der Waals surface area contributed by atoms with Gasteiger partial charge in [-0.05, 0) is 23.8 Å². The van der Waals surface area contributed by atoms with Crippen LogP contribution in [-0.2, 0) is 0 Å². The molecule has 0 atom stereocenters. The summed E-state index contributed by atoms with van der Waals surface area (Å²) in [6.07, 6.45) is 3.53. The Bertz CT molecular complexity index is 403. The highest BCUT2D eigenvalue weighted by molar-refractivity contribution is 5.62. The van der Waals surface area contributed by atoms with E-state index in [-0.39, 0.29) is 5.82 Å². The van der Waals surface area contributed by atoms with Crippen LogP contribution in [-0.4, -0.2) is 4.68 Å². The first-order valence-electron chi connectivity index (χ1n) is 3.95. The van der Waals surface area contributed by atoms with Gasteiger partial charge in [-0.25, -0.2) is 4.39 Å². The Hall–Kier alpha value is -1.77. The summed E-state index contributed by atoms with van der Waals surface area (Å²) < 4.78 is 14.0. The fourth-order valence-corrected chi connectivity index (χ4v) is 1.23. The average molecular weight is 176 g/mol. The Kier molecular flexibility index (Phi) is 1.77. The van der Waals surface area contributed by atoms with Crippen LogP contribution in [0.5, 0.6) is 0 Å². The highest BCUT2D eigenvalue weighted by Crippen LogP contribution is 2.18. The molecule has 0 radical (unpaired) electrons. The van der Waals surface area contributed by atoms with Gasteiger partial charge in [0.15, 0.2) is 0 Å². The molecule has 3 heteroatoms. The molecule has 13 heavy (non-hydrogen) atoms. The Morgan fingerprint density at radius 3 is 2.23 bits per heavy atom. The lowest BCUT2D eigenvalue weighted by Crippen LogP contribution is -2.02. The third kappa shape index (κ3) is 1.54. The predicted octanol–water partition coefficient (Wildman–Crippen LogP) is 2.01. The van der Waals surface area contributed by atoms with Gasteiger partial charge in [-0.15, -0.1) is 0 Å². The van der Waals surface area contributed by atoms with Gasteiger partial charge in [0.1, 0.15) is 5.82 Å². The number of aromatic nitrogens is 1. The lowest BCUT2D eigenvalue weighted by molar-refractivity contribution is 0.628. The van der Waals surface area contributed by atoms with Crippen LogP contribution < -0.4 is 5.84 Å². The first-order chi connectivity index (χ1) is 6.25. The van der Waals surface area contributed by atoms with Crippen molar-refractivity contribution >= 4 is 0 Å². The van der Waals surface area contributed by atoms with Crippen molar-refractivity contribution in [3.63, 3.8) is 0 Å². The Morgan fingerprint density at radius 2 is 1.69 bits per heavy atom. The van der Waals surface area contributed by atoms with Crippen molar-refractivity contribution in [2.24, 2.45) is 0 Å². The van der Waals surface area contributed by atoms with E-state index < -0.39 is 0 Å². The molecule has 0 aliphatic rings. The van der Waals surface area contributed by atoms with Crippen LogP contribution in [0.4, 0.5) is 4.39 Å². The number of benzene rings is 1. The summed E-state index contributed by atoms with van der Waals surface area (Å²) in [5.41, 5.74) is 1.95. The van der Waals surface area contributed by atoms with Crippen molar-refractivity contribution in [3.05, 3.63) is 48.5 Å². The number of hydrogen-bond donors (Lipinski definition) is 1. The van der Waals surface area contributed by atoms with Gasteiger partial charge in [-0.2, -0.15) is 0 Å². The zero-order valence-corrected chi connectivity index (χ0v) is 6.94. The van der Waals surface area contributed by atoms with Crippen LogP contribution in [0.3, 0.4) is 0 Å². The molecule has 1 heterocycles. The minimum atomic E-state index is -0.226. The highest BCUT2D eigenvalue weighted by atomic mass is 19.1. The third-order valence-corrected chi connectivity index (χ3v) is 1.89. The minimum absolute atomic E-state index is 0.226. The second kappa shape index (κ2) is 2.94. The summed E-state index contributed by atoms with van der Waals surface area (Å²) in [7, 11) is 0. The van der Waals surface area contributed by atoms with E-state index in [9.17, 15) is 4.39 Å². The first-order valence-corrected chi connectivity index (χ1v) is 3.95. The third-order valence-electron chi connectivity index (χ3n) is 1.89. The van der Waals surface area contributed by atoms with Crippen LogP contribution in [0.15, 0.2) is 42.7 Å². The standard InChI is InChI=1S/C10H9FN2/c11-10-3-1-8(2-4-10)9-5-6-13(12)7-9/h1-7H,12H2. The van der Waals surface area contributed by atoms with Gasteiger partial charge in [0.2, 0.25) is 0 Å². The highest BCUT2D eigenvalue weighted by Gasteiger charge is 1.98. The normalized spacial score (nSPS) is 10.2. The van der Waals surface area contributed by atoms with Crippen molar-refractivity contribution in [2.75, 3.05) is 5.84 Å². The number of halogens is 1. The molecule has 0 unspecified atom stereocenters. The second-order valence-corrected chi connectivity index (χ2v) is 2.85. The zero-order valence-electron chi connectivity index (χ0n) is 6.94. The molecule has 1 aromatic heterocycles. The van der Waals surface area contributed by atoms with Gasteiger partial charge in [0, 0.05) is 18.0 Å². The van der Waals surface area contributed by atoms with Crippen LogP contribution in [0, 0.1) is 5.82 Å². The summed E-state index contributed by atoms with van der Waals surface area (Å²) in [4.78, 5) is 0. The van der Waals surface area contributed by atoms with E-state index in [0.717, 1.165) is 11.1 Å². The molecular formula is C10H9FN2. The van der Waals surface area contributed by atoms with E-state index in [1.54, 1.807) is 24.5 Å². The monoisotopic (exact) mass is 176 g/mol. The van der Waals surface area contributed by atoms with E-state index in [1.165, 1.54) is 16.8 Å². The molecule has 66 valence electrons. The molecule has 0 aliphatic heterocycles. The number of nitrogens with two attached hydrogens (primary N) is 1. The van der Waals surface area contributed by atoms with E-state index in [1.807, 2.05) is 6.07 Å². The van der Waals surface area contributed by atoms with Crippen molar-refractivity contribution in [1.29, 1.82) is 0 Å². The van der Waals surface area contributed by atoms with Gasteiger partial charge >= 0.3 is 0 Å². The summed E-state index contributed by atoms with van der Waals surface area (Å²) >= 11 is 0. The van der Waals surface area contributed by atoms with Gasteiger partial charge in [0.25, 0.3) is 0 Å². The molecule has 0 saturated heterocycles. The molecule has 0 spiro atoms. The predicted molar refractivity (Wildman–Crippen MR) is 50.0 cm³/mol. The van der Waals surface area contributed by atoms with Gasteiger partial charge in [-0.1, -0.05) is 12.1 Å². The van der Waals surface area contributed by atoms with Gasteiger partial charge in [0.05, 0.1) is 0 Å².